The van der Waals surface area contributed by atoms with E-state index in [1.54, 1.807) is 6.07 Å². The summed E-state index contributed by atoms with van der Waals surface area (Å²) in [6.45, 7) is 2.29. The standard InChI is InChI=1S/C16H16BrClFNO/c1-10(20-2)14-8-13(19)5-6-16(14)21-9-11-3-4-12(17)7-15(11)18/h3-8,10,20H,9H2,1-2H3. The van der Waals surface area contributed by atoms with Gasteiger partial charge in [0.2, 0.25) is 0 Å². The van der Waals surface area contributed by atoms with Crippen molar-refractivity contribution < 1.29 is 9.13 Å². The minimum atomic E-state index is -0.277. The van der Waals surface area contributed by atoms with Crippen molar-refractivity contribution in [2.24, 2.45) is 0 Å². The maximum absolute atomic E-state index is 13.4. The van der Waals surface area contributed by atoms with Crippen molar-refractivity contribution >= 4 is 27.5 Å². The Kier molecular flexibility index (Phi) is 5.62. The summed E-state index contributed by atoms with van der Waals surface area (Å²) in [5, 5.41) is 3.72. The van der Waals surface area contributed by atoms with Crippen molar-refractivity contribution in [2.45, 2.75) is 19.6 Å². The lowest BCUT2D eigenvalue weighted by atomic mass is 10.1. The van der Waals surface area contributed by atoms with Crippen LogP contribution in [0.25, 0.3) is 0 Å². The number of benzene rings is 2. The molecule has 0 saturated heterocycles. The second-order valence-corrected chi connectivity index (χ2v) is 6.04. The molecule has 5 heteroatoms. The molecule has 2 nitrogen and oxygen atoms in total. The van der Waals surface area contributed by atoms with Crippen molar-refractivity contribution in [1.82, 2.24) is 5.32 Å². The fourth-order valence-electron chi connectivity index (χ4n) is 1.94. The molecule has 1 N–H and O–H groups in total. The van der Waals surface area contributed by atoms with Crippen LogP contribution in [0.15, 0.2) is 40.9 Å². The monoisotopic (exact) mass is 371 g/mol. The minimum absolute atomic E-state index is 0.00362. The van der Waals surface area contributed by atoms with Gasteiger partial charge in [-0.15, -0.1) is 0 Å². The molecule has 0 aliphatic rings. The Morgan fingerprint density at radius 3 is 2.71 bits per heavy atom. The molecule has 0 bridgehead atoms. The molecule has 0 aromatic heterocycles. The first kappa shape index (κ1) is 16.3. The van der Waals surface area contributed by atoms with Gasteiger partial charge in [-0.25, -0.2) is 4.39 Å². The zero-order chi connectivity index (χ0) is 15.4. The van der Waals surface area contributed by atoms with E-state index in [0.717, 1.165) is 15.6 Å². The third kappa shape index (κ3) is 4.19. The van der Waals surface area contributed by atoms with Crippen molar-refractivity contribution in [1.29, 1.82) is 0 Å². The molecule has 21 heavy (non-hydrogen) atoms. The molecule has 1 unspecified atom stereocenters. The second-order valence-electron chi connectivity index (χ2n) is 4.72. The van der Waals surface area contributed by atoms with Gasteiger partial charge in [-0.2, -0.15) is 0 Å². The summed E-state index contributed by atoms with van der Waals surface area (Å²) in [5.41, 5.74) is 1.66. The molecular formula is C16H16BrClFNO. The number of rotatable bonds is 5. The number of halogens is 3. The zero-order valence-corrected chi connectivity index (χ0v) is 14.1. The Hall–Kier alpha value is -1.10. The molecule has 0 fully saturated rings. The van der Waals surface area contributed by atoms with E-state index in [4.69, 9.17) is 16.3 Å². The van der Waals surface area contributed by atoms with Crippen LogP contribution in [0.5, 0.6) is 5.75 Å². The highest BCUT2D eigenvalue weighted by Crippen LogP contribution is 2.28. The number of hydrogen-bond donors (Lipinski definition) is 1. The van der Waals surface area contributed by atoms with E-state index in [0.29, 0.717) is 17.4 Å². The minimum Gasteiger partial charge on any atom is -0.489 e. The summed E-state index contributed by atoms with van der Waals surface area (Å²) in [6.07, 6.45) is 0. The van der Waals surface area contributed by atoms with Gasteiger partial charge >= 0.3 is 0 Å². The molecule has 2 rings (SSSR count). The van der Waals surface area contributed by atoms with E-state index >= 15 is 0 Å². The highest BCUT2D eigenvalue weighted by Gasteiger charge is 2.12. The average Bonchev–Trinajstić information content (AvgIpc) is 2.46. The van der Waals surface area contributed by atoms with Crippen LogP contribution in [-0.2, 0) is 6.61 Å². The third-order valence-electron chi connectivity index (χ3n) is 3.27. The molecule has 112 valence electrons. The molecular weight excluding hydrogens is 357 g/mol. The van der Waals surface area contributed by atoms with E-state index < -0.39 is 0 Å². The van der Waals surface area contributed by atoms with Gasteiger partial charge < -0.3 is 10.1 Å². The van der Waals surface area contributed by atoms with Crippen LogP contribution in [0.3, 0.4) is 0 Å². The molecule has 0 aliphatic heterocycles. The SMILES string of the molecule is CNC(C)c1cc(F)ccc1OCc1ccc(Br)cc1Cl. The summed E-state index contributed by atoms with van der Waals surface area (Å²) in [4.78, 5) is 0. The van der Waals surface area contributed by atoms with Gasteiger partial charge in [0.25, 0.3) is 0 Å². The molecule has 0 aliphatic carbocycles. The first-order chi connectivity index (χ1) is 10.0. The van der Waals surface area contributed by atoms with E-state index in [2.05, 4.69) is 21.2 Å². The fourth-order valence-corrected chi connectivity index (χ4v) is 2.67. The first-order valence-corrected chi connectivity index (χ1v) is 7.72. The first-order valence-electron chi connectivity index (χ1n) is 6.54. The van der Waals surface area contributed by atoms with Crippen LogP contribution in [0.2, 0.25) is 5.02 Å². The second kappa shape index (κ2) is 7.25. The molecule has 0 saturated carbocycles. The molecule has 2 aromatic rings. The fraction of sp³-hybridized carbons (Fsp3) is 0.250. The largest absolute Gasteiger partial charge is 0.489 e. The molecule has 1 atom stereocenters. The van der Waals surface area contributed by atoms with Crippen molar-refractivity contribution in [3.05, 3.63) is 62.8 Å². The Bertz CT molecular complexity index is 636. The molecule has 0 radical (unpaired) electrons. The van der Waals surface area contributed by atoms with E-state index in [-0.39, 0.29) is 11.9 Å². The van der Waals surface area contributed by atoms with Gasteiger partial charge in [-0.3, -0.25) is 0 Å². The summed E-state index contributed by atoms with van der Waals surface area (Å²) in [6, 6.07) is 10.2. The highest BCUT2D eigenvalue weighted by molar-refractivity contribution is 9.10. The maximum Gasteiger partial charge on any atom is 0.124 e. The van der Waals surface area contributed by atoms with Gasteiger partial charge in [-0.1, -0.05) is 33.6 Å². The van der Waals surface area contributed by atoms with Gasteiger partial charge in [0.1, 0.15) is 18.2 Å². The van der Waals surface area contributed by atoms with E-state index in [1.807, 2.05) is 32.2 Å². The Morgan fingerprint density at radius 2 is 2.05 bits per heavy atom. The van der Waals surface area contributed by atoms with Crippen molar-refractivity contribution in [3.8, 4) is 5.75 Å². The van der Waals surface area contributed by atoms with Crippen LogP contribution in [0, 0.1) is 5.82 Å². The summed E-state index contributed by atoms with van der Waals surface area (Å²) >= 11 is 9.53. The van der Waals surface area contributed by atoms with Crippen molar-refractivity contribution in [3.63, 3.8) is 0 Å². The van der Waals surface area contributed by atoms with Gasteiger partial charge in [-0.05, 0) is 44.3 Å². The Labute approximate surface area is 137 Å². The topological polar surface area (TPSA) is 21.3 Å². The van der Waals surface area contributed by atoms with E-state index in [9.17, 15) is 4.39 Å². The lowest BCUT2D eigenvalue weighted by Gasteiger charge is -2.17. The lowest BCUT2D eigenvalue weighted by molar-refractivity contribution is 0.299. The summed E-state index contributed by atoms with van der Waals surface area (Å²) in [5.74, 6) is 0.373. The maximum atomic E-state index is 13.4. The smallest absolute Gasteiger partial charge is 0.124 e. The molecule has 0 heterocycles. The van der Waals surface area contributed by atoms with Gasteiger partial charge in [0, 0.05) is 26.7 Å². The van der Waals surface area contributed by atoms with Crippen molar-refractivity contribution in [2.75, 3.05) is 7.05 Å². The van der Waals surface area contributed by atoms with E-state index in [1.165, 1.54) is 12.1 Å². The summed E-state index contributed by atoms with van der Waals surface area (Å²) in [7, 11) is 1.82. The Morgan fingerprint density at radius 1 is 1.29 bits per heavy atom. The van der Waals surface area contributed by atoms with Crippen LogP contribution in [0.4, 0.5) is 4.39 Å². The lowest BCUT2D eigenvalue weighted by Crippen LogP contribution is -2.14. The quantitative estimate of drug-likeness (QED) is 0.788. The van der Waals surface area contributed by atoms with Gasteiger partial charge in [0.15, 0.2) is 0 Å². The average molecular weight is 373 g/mol. The van der Waals surface area contributed by atoms with Crippen LogP contribution in [0.1, 0.15) is 24.1 Å². The third-order valence-corrected chi connectivity index (χ3v) is 4.11. The molecule has 0 spiro atoms. The normalized spacial score (nSPS) is 12.2. The number of nitrogens with one attached hydrogen (secondary N) is 1. The van der Waals surface area contributed by atoms with Crippen LogP contribution in [-0.4, -0.2) is 7.05 Å². The Balaban J connectivity index is 2.19. The van der Waals surface area contributed by atoms with Gasteiger partial charge in [0.05, 0.1) is 0 Å². The predicted octanol–water partition coefficient (Wildman–Crippen LogP) is 5.10. The van der Waals surface area contributed by atoms with Crippen LogP contribution >= 0.6 is 27.5 Å². The molecule has 2 aromatic carbocycles. The number of ether oxygens (including phenoxy) is 1. The highest BCUT2D eigenvalue weighted by atomic mass is 79.9. The predicted molar refractivity (Wildman–Crippen MR) is 87.4 cm³/mol. The number of hydrogen-bond acceptors (Lipinski definition) is 2. The molecule has 0 amide bonds. The van der Waals surface area contributed by atoms with Crippen LogP contribution < -0.4 is 10.1 Å². The zero-order valence-electron chi connectivity index (χ0n) is 11.8. The summed E-state index contributed by atoms with van der Waals surface area (Å²) < 4.78 is 20.1.